The summed E-state index contributed by atoms with van der Waals surface area (Å²) in [7, 11) is -8.42. The fourth-order valence-corrected chi connectivity index (χ4v) is 5.90. The number of nitrogens with zero attached hydrogens (tertiary/aromatic N) is 5. The van der Waals surface area contributed by atoms with E-state index in [1.54, 1.807) is 30.3 Å². The molecular weight excluding hydrogens is 714 g/mol. The van der Waals surface area contributed by atoms with E-state index >= 15 is 0 Å². The molecule has 1 aromatic heterocycles. The van der Waals surface area contributed by atoms with E-state index in [9.17, 15) is 41.3 Å². The Bertz CT molecular complexity index is 2560. The number of nitrogens with one attached hydrogen (secondary N) is 1. The second-order valence-corrected chi connectivity index (χ2v) is 12.9. The predicted octanol–water partition coefficient (Wildman–Crippen LogP) is -0.423. The minimum atomic E-state index is -5.03. The van der Waals surface area contributed by atoms with E-state index in [0.29, 0.717) is 22.6 Å². The molecule has 16 nitrogen and oxygen atoms in total. The van der Waals surface area contributed by atoms with Crippen LogP contribution in [0.2, 0.25) is 0 Å². The van der Waals surface area contributed by atoms with E-state index in [1.165, 1.54) is 31.4 Å². The van der Waals surface area contributed by atoms with Gasteiger partial charge >= 0.3 is 59.1 Å². The number of aromatic hydroxyl groups is 1. The van der Waals surface area contributed by atoms with Crippen molar-refractivity contribution in [3.05, 3.63) is 78.9 Å². The van der Waals surface area contributed by atoms with Gasteiger partial charge in [-0.1, -0.05) is 30.0 Å². The number of rotatable bonds is 8. The van der Waals surface area contributed by atoms with Gasteiger partial charge in [-0.25, -0.2) is 4.98 Å². The first kappa shape index (κ1) is 38.8. The van der Waals surface area contributed by atoms with E-state index in [4.69, 9.17) is 4.74 Å². The van der Waals surface area contributed by atoms with Crippen molar-refractivity contribution >= 4 is 64.8 Å². The summed E-state index contributed by atoms with van der Waals surface area (Å²) in [5, 5.41) is 50.4. The summed E-state index contributed by atoms with van der Waals surface area (Å²) in [6.45, 7) is 0. The molecule has 0 fully saturated rings. The number of imidazole rings is 1. The monoisotopic (exact) mass is 734 g/mol. The quantitative estimate of drug-likeness (QED) is 0.0886. The maximum atomic E-state index is 12.5. The van der Waals surface area contributed by atoms with Gasteiger partial charge < -0.3 is 25.0 Å². The third kappa shape index (κ3) is 8.00. The van der Waals surface area contributed by atoms with Gasteiger partial charge in [-0.3, -0.25) is 9.11 Å². The first-order valence-corrected chi connectivity index (χ1v) is 16.3. The van der Waals surface area contributed by atoms with Crippen LogP contribution in [-0.4, -0.2) is 48.1 Å². The average molecular weight is 735 g/mol. The topological polar surface area (TPSA) is 262 Å². The minimum Gasteiger partial charge on any atom is -0.872 e. The third-order valence-corrected chi connectivity index (χ3v) is 8.71. The minimum absolute atomic E-state index is 0. The maximum Gasteiger partial charge on any atom is 1.00 e. The Kier molecular flexibility index (Phi) is 11.7. The number of hydrogen-bond donors (Lipinski definition) is 4. The zero-order valence-electron chi connectivity index (χ0n) is 26.3. The summed E-state index contributed by atoms with van der Waals surface area (Å²) in [6.07, 6.45) is 0. The molecule has 0 atom stereocenters. The van der Waals surface area contributed by atoms with Crippen molar-refractivity contribution < 1.29 is 105 Å². The van der Waals surface area contributed by atoms with Gasteiger partial charge in [0.2, 0.25) is 0 Å². The molecule has 6 aromatic rings. The molecule has 0 radical (unpaired) electrons. The first-order chi connectivity index (χ1) is 22.7. The molecule has 5 aromatic carbocycles. The number of phenolic OH excluding ortho intramolecular Hbond substituents is 1. The smallest absolute Gasteiger partial charge is 0.872 e. The number of methoxy groups -OCH3 is 1. The van der Waals surface area contributed by atoms with Crippen LogP contribution in [0.25, 0.3) is 33.2 Å². The fourth-order valence-electron chi connectivity index (χ4n) is 4.75. The van der Waals surface area contributed by atoms with Gasteiger partial charge in [0.25, 0.3) is 20.2 Å². The van der Waals surface area contributed by atoms with Gasteiger partial charge in [0.1, 0.15) is 27.8 Å². The molecule has 6 rings (SSSR count). The Morgan fingerprint density at radius 3 is 2.20 bits per heavy atom. The molecule has 0 aliphatic rings. The molecule has 1 heterocycles. The second-order valence-electron chi connectivity index (χ2n) is 10.1. The normalized spacial score (nSPS) is 12.0. The molecule has 0 spiro atoms. The number of ether oxygens (including phenoxy) is 1. The number of H-pyrrole nitrogens is 1. The van der Waals surface area contributed by atoms with Crippen molar-refractivity contribution in [2.45, 2.75) is 9.79 Å². The molecule has 50 heavy (non-hydrogen) atoms. The molecule has 0 amide bonds. The summed E-state index contributed by atoms with van der Waals surface area (Å²) in [5.74, 6) is -1.38. The van der Waals surface area contributed by atoms with E-state index in [-0.39, 0.29) is 92.5 Å². The standard InChI is InChI=1S/C30H22N6O10S2.2Na/c1-46-25-10-6-18(47(40,41)42)13-23(25)35-36-28-26(48(43,44)45)14-20-19(29(28)39)7-9-22-27(20)32-30(31-22)15-3-2-4-16(11-15)33-34-21-8-5-17(37)12-24(21)38;;/h2-14,37-39H,1H3,(H,31,32)(H,40,41,42)(H,43,44,45);;/q;2*+1/p-2. The van der Waals surface area contributed by atoms with E-state index in [2.05, 4.69) is 30.4 Å². The largest absolute Gasteiger partial charge is 1.00 e. The Morgan fingerprint density at radius 1 is 0.780 bits per heavy atom. The third-order valence-electron chi connectivity index (χ3n) is 7.00. The summed E-state index contributed by atoms with van der Waals surface area (Å²) in [6, 6.07) is 17.2. The van der Waals surface area contributed by atoms with Gasteiger partial charge in [-0.2, -0.15) is 27.1 Å². The van der Waals surface area contributed by atoms with Crippen molar-refractivity contribution in [3.8, 4) is 34.4 Å². The summed E-state index contributed by atoms with van der Waals surface area (Å²) in [4.78, 5) is 6.26. The van der Waals surface area contributed by atoms with Gasteiger partial charge in [0.15, 0.2) is 5.75 Å². The molecule has 244 valence electrons. The second kappa shape index (κ2) is 15.1. The van der Waals surface area contributed by atoms with Crippen LogP contribution < -0.4 is 74.1 Å². The molecule has 0 aliphatic carbocycles. The Balaban J connectivity index is 0.00000281. The van der Waals surface area contributed by atoms with Crippen LogP contribution in [0, 0.1) is 0 Å². The van der Waals surface area contributed by atoms with E-state index < -0.39 is 53.0 Å². The molecule has 0 aliphatic heterocycles. The van der Waals surface area contributed by atoms with Crippen LogP contribution in [-0.2, 0) is 20.2 Å². The van der Waals surface area contributed by atoms with Crippen LogP contribution in [0.1, 0.15) is 0 Å². The van der Waals surface area contributed by atoms with Crippen molar-refractivity contribution in [2.75, 3.05) is 7.11 Å². The van der Waals surface area contributed by atoms with Crippen LogP contribution in [0.15, 0.2) is 109 Å². The SMILES string of the molecule is COc1ccc(S(=O)(=O)O)cc1N=Nc1c(S(=O)(=O)O)cc2c(ccc3nc(-c4cccc(N=Nc5ccc([O-])cc5[O-])c4)[nH]c32)c1O.[Na+].[Na+]. The molecule has 0 bridgehead atoms. The maximum absolute atomic E-state index is 12.5. The zero-order valence-corrected chi connectivity index (χ0v) is 31.9. The molecular formula is C30H20N6Na2O10S2. The Morgan fingerprint density at radius 2 is 1.52 bits per heavy atom. The van der Waals surface area contributed by atoms with Crippen LogP contribution in [0.3, 0.4) is 0 Å². The fraction of sp³-hybridized carbons (Fsp3) is 0.0333. The van der Waals surface area contributed by atoms with Crippen LogP contribution in [0.4, 0.5) is 22.7 Å². The molecule has 0 saturated heterocycles. The number of fused-ring (bicyclic) bond motifs is 3. The van der Waals surface area contributed by atoms with E-state index in [1.807, 2.05) is 0 Å². The first-order valence-electron chi connectivity index (χ1n) is 13.5. The number of aromatic amines is 1. The number of phenols is 1. The Labute approximate surface area is 327 Å². The van der Waals surface area contributed by atoms with Gasteiger partial charge in [-0.15, -0.1) is 16.0 Å². The number of benzene rings is 5. The molecule has 0 saturated carbocycles. The van der Waals surface area contributed by atoms with Crippen molar-refractivity contribution in [1.29, 1.82) is 0 Å². The van der Waals surface area contributed by atoms with Crippen LogP contribution >= 0.6 is 0 Å². The van der Waals surface area contributed by atoms with Gasteiger partial charge in [0, 0.05) is 16.3 Å². The Hall–Kier alpha value is -3.95. The molecule has 4 N–H and O–H groups in total. The zero-order chi connectivity index (χ0) is 34.4. The van der Waals surface area contributed by atoms with Crippen molar-refractivity contribution in [3.63, 3.8) is 0 Å². The average Bonchev–Trinajstić information content (AvgIpc) is 3.48. The van der Waals surface area contributed by atoms with Gasteiger partial charge in [0.05, 0.1) is 34.4 Å². The van der Waals surface area contributed by atoms with E-state index in [0.717, 1.165) is 24.3 Å². The summed E-state index contributed by atoms with van der Waals surface area (Å²) < 4.78 is 72.9. The number of hydrogen-bond acceptors (Lipinski definition) is 13. The van der Waals surface area contributed by atoms with Crippen molar-refractivity contribution in [2.24, 2.45) is 20.5 Å². The number of aromatic nitrogens is 2. The number of azo groups is 2. The predicted molar refractivity (Wildman–Crippen MR) is 167 cm³/mol. The van der Waals surface area contributed by atoms with Gasteiger partial charge in [-0.05, 0) is 54.6 Å². The molecule has 20 heteroatoms. The van der Waals surface area contributed by atoms with Crippen LogP contribution in [0.5, 0.6) is 23.0 Å². The van der Waals surface area contributed by atoms with Crippen molar-refractivity contribution in [1.82, 2.24) is 9.97 Å². The molecule has 0 unspecified atom stereocenters. The summed E-state index contributed by atoms with van der Waals surface area (Å²) in [5.41, 5.74) is 0.608. The summed E-state index contributed by atoms with van der Waals surface area (Å²) >= 11 is 0.